The van der Waals surface area contributed by atoms with Gasteiger partial charge in [-0.2, -0.15) is 0 Å². The number of nitrogens with one attached hydrogen (secondary N) is 2. The van der Waals surface area contributed by atoms with Crippen molar-refractivity contribution in [2.24, 2.45) is 0 Å². The third-order valence-electron chi connectivity index (χ3n) is 0.534. The van der Waals surface area contributed by atoms with Gasteiger partial charge in [-0.25, -0.2) is 0 Å². The standard InChI is InChI=1S/C4H4N2S/c7-4-1-2-5-6-3-4/h3,5-7H. The summed E-state index contributed by atoms with van der Waals surface area (Å²) in [6, 6.07) is 2.58. The number of thiol groups is 1. The maximum atomic E-state index is 3.95. The Morgan fingerprint density at radius 2 is 2.57 bits per heavy atom. The molecule has 0 atom stereocenters. The van der Waals surface area contributed by atoms with Gasteiger partial charge in [-0.15, -0.1) is 12.6 Å². The van der Waals surface area contributed by atoms with Crippen molar-refractivity contribution < 1.29 is 0 Å². The molecule has 1 rings (SSSR count). The third-order valence-corrected chi connectivity index (χ3v) is 0.775. The van der Waals surface area contributed by atoms with Gasteiger partial charge in [-0.05, 0) is 5.92 Å². The van der Waals surface area contributed by atoms with Crippen molar-refractivity contribution in [3.63, 3.8) is 0 Å². The minimum absolute atomic E-state index is 0.749. The third kappa shape index (κ3) is 1.05. The number of allylic oxidation sites excluding steroid dienone is 1. The molecule has 0 bridgehead atoms. The molecule has 0 fully saturated rings. The molecule has 7 heavy (non-hydrogen) atoms. The van der Waals surface area contributed by atoms with Crippen LogP contribution in [0.5, 0.6) is 0 Å². The van der Waals surface area contributed by atoms with Crippen LogP contribution in [0, 0.1) is 12.0 Å². The lowest BCUT2D eigenvalue weighted by atomic mass is 10.6. The molecule has 0 aromatic rings. The van der Waals surface area contributed by atoms with E-state index >= 15 is 0 Å². The first-order valence-corrected chi connectivity index (χ1v) is 2.25. The van der Waals surface area contributed by atoms with Crippen molar-refractivity contribution in [1.82, 2.24) is 10.9 Å². The molecule has 0 saturated heterocycles. The molecule has 1 heterocycles. The van der Waals surface area contributed by atoms with E-state index in [1.807, 2.05) is 0 Å². The van der Waals surface area contributed by atoms with Gasteiger partial charge in [0.2, 0.25) is 0 Å². The first-order chi connectivity index (χ1) is 3.39. The lowest BCUT2D eigenvalue weighted by molar-refractivity contribution is 0.796. The molecule has 0 spiro atoms. The Balaban J connectivity index is 2.69. The molecular formula is C4H4N2S. The molecule has 0 aromatic carbocycles. The fraction of sp³-hybridized carbons (Fsp3) is 0. The van der Waals surface area contributed by atoms with Gasteiger partial charge in [0.15, 0.2) is 0 Å². The van der Waals surface area contributed by atoms with Crippen molar-refractivity contribution in [1.29, 1.82) is 0 Å². The van der Waals surface area contributed by atoms with Crippen LogP contribution in [0.2, 0.25) is 0 Å². The van der Waals surface area contributed by atoms with E-state index in [-0.39, 0.29) is 0 Å². The fourth-order valence-electron chi connectivity index (χ4n) is 0.272. The van der Waals surface area contributed by atoms with Crippen LogP contribution in [0.15, 0.2) is 11.1 Å². The van der Waals surface area contributed by atoms with E-state index in [1.54, 1.807) is 6.20 Å². The molecular weight excluding hydrogens is 108 g/mol. The lowest BCUT2D eigenvalue weighted by Crippen LogP contribution is -2.23. The molecule has 1 aliphatic rings. The zero-order valence-electron chi connectivity index (χ0n) is 3.52. The van der Waals surface area contributed by atoms with E-state index in [4.69, 9.17) is 0 Å². The van der Waals surface area contributed by atoms with Gasteiger partial charge in [-0.1, -0.05) is 0 Å². The van der Waals surface area contributed by atoms with E-state index in [0.717, 1.165) is 4.91 Å². The predicted molar refractivity (Wildman–Crippen MR) is 31.1 cm³/mol. The van der Waals surface area contributed by atoms with Gasteiger partial charge in [-0.3, -0.25) is 10.9 Å². The summed E-state index contributed by atoms with van der Waals surface area (Å²) in [5, 5.41) is 0. The molecule has 0 radical (unpaired) electrons. The lowest BCUT2D eigenvalue weighted by Gasteiger charge is -1.98. The van der Waals surface area contributed by atoms with Crippen LogP contribution in [0.1, 0.15) is 0 Å². The van der Waals surface area contributed by atoms with E-state index in [9.17, 15) is 0 Å². The molecule has 0 aromatic heterocycles. The maximum Gasteiger partial charge on any atom is 0.0738 e. The normalized spacial score (nSPS) is 14.7. The van der Waals surface area contributed by atoms with Crippen molar-refractivity contribution >= 4 is 12.6 Å². The van der Waals surface area contributed by atoms with Crippen molar-refractivity contribution in [3.05, 3.63) is 11.1 Å². The van der Waals surface area contributed by atoms with Gasteiger partial charge in [0.05, 0.1) is 4.91 Å². The second-order valence-corrected chi connectivity index (χ2v) is 1.53. The van der Waals surface area contributed by atoms with E-state index in [1.165, 1.54) is 0 Å². The minimum Gasteiger partial charge on any atom is -0.299 e. The summed E-state index contributed by atoms with van der Waals surface area (Å²) in [4.78, 5) is 0.749. The molecule has 0 aliphatic carbocycles. The number of rotatable bonds is 0. The maximum absolute atomic E-state index is 3.95. The Hall–Kier alpha value is -0.750. The average Bonchev–Trinajstić information content (AvgIpc) is 1.69. The summed E-state index contributed by atoms with van der Waals surface area (Å²) < 4.78 is 0. The molecule has 0 saturated carbocycles. The highest BCUT2D eigenvalue weighted by atomic mass is 32.1. The monoisotopic (exact) mass is 112 g/mol. The molecule has 0 amide bonds. The fourth-order valence-corrected chi connectivity index (χ4v) is 0.392. The Labute approximate surface area is 47.4 Å². The second kappa shape index (κ2) is 1.80. The summed E-state index contributed by atoms with van der Waals surface area (Å²) in [7, 11) is 0. The van der Waals surface area contributed by atoms with Gasteiger partial charge in [0, 0.05) is 12.2 Å². The quantitative estimate of drug-likeness (QED) is 0.299. The van der Waals surface area contributed by atoms with Crippen LogP contribution in [0.25, 0.3) is 0 Å². The molecule has 1 aliphatic heterocycles. The average molecular weight is 112 g/mol. The molecule has 2 N–H and O–H groups in total. The van der Waals surface area contributed by atoms with E-state index in [0.29, 0.717) is 0 Å². The first-order valence-electron chi connectivity index (χ1n) is 1.80. The van der Waals surface area contributed by atoms with Crippen LogP contribution in [-0.4, -0.2) is 0 Å². The highest BCUT2D eigenvalue weighted by Crippen LogP contribution is 1.94. The van der Waals surface area contributed by atoms with Crippen molar-refractivity contribution in [3.8, 4) is 12.0 Å². The van der Waals surface area contributed by atoms with Crippen LogP contribution >= 0.6 is 12.6 Å². The summed E-state index contributed by atoms with van der Waals surface area (Å²) in [6.45, 7) is 0. The van der Waals surface area contributed by atoms with Gasteiger partial charge < -0.3 is 0 Å². The summed E-state index contributed by atoms with van der Waals surface area (Å²) in [5.74, 6) is 2.68. The van der Waals surface area contributed by atoms with E-state index < -0.39 is 0 Å². The SMILES string of the molecule is SC1=CNNC#C1. The van der Waals surface area contributed by atoms with Gasteiger partial charge in [0.25, 0.3) is 0 Å². The number of hydrogen-bond acceptors (Lipinski definition) is 3. The molecule has 36 valence electrons. The molecule has 3 heteroatoms. The topological polar surface area (TPSA) is 24.1 Å². The van der Waals surface area contributed by atoms with Crippen LogP contribution in [0.3, 0.4) is 0 Å². The number of hydrogen-bond donors (Lipinski definition) is 3. The van der Waals surface area contributed by atoms with Gasteiger partial charge >= 0.3 is 0 Å². The Bertz CT molecular complexity index is 151. The largest absolute Gasteiger partial charge is 0.299 e. The Morgan fingerprint density at radius 3 is 2.86 bits per heavy atom. The zero-order chi connectivity index (χ0) is 5.11. The predicted octanol–water partition coefficient (Wildman–Crippen LogP) is -0.174. The van der Waals surface area contributed by atoms with Crippen molar-refractivity contribution in [2.45, 2.75) is 0 Å². The van der Waals surface area contributed by atoms with Gasteiger partial charge in [0.1, 0.15) is 0 Å². The highest BCUT2D eigenvalue weighted by Gasteiger charge is 1.82. The minimum atomic E-state index is 0.749. The summed E-state index contributed by atoms with van der Waals surface area (Å²) in [5.41, 5.74) is 5.25. The Morgan fingerprint density at radius 1 is 1.71 bits per heavy atom. The summed E-state index contributed by atoms with van der Waals surface area (Å²) in [6.07, 6.45) is 1.68. The smallest absolute Gasteiger partial charge is 0.0738 e. The molecule has 0 unspecified atom stereocenters. The van der Waals surface area contributed by atoms with Crippen LogP contribution < -0.4 is 10.9 Å². The molecule has 2 nitrogen and oxygen atoms in total. The second-order valence-electron chi connectivity index (χ2n) is 1.05. The highest BCUT2D eigenvalue weighted by molar-refractivity contribution is 7.84. The van der Waals surface area contributed by atoms with Crippen LogP contribution in [0.4, 0.5) is 0 Å². The Kier molecular flexibility index (Phi) is 1.14. The zero-order valence-corrected chi connectivity index (χ0v) is 4.42. The summed E-state index contributed by atoms with van der Waals surface area (Å²) >= 11 is 3.95. The first kappa shape index (κ1) is 4.41. The van der Waals surface area contributed by atoms with Crippen LogP contribution in [-0.2, 0) is 0 Å². The van der Waals surface area contributed by atoms with E-state index in [2.05, 4.69) is 35.4 Å². The van der Waals surface area contributed by atoms with Crippen molar-refractivity contribution in [2.75, 3.05) is 0 Å². The number of hydrazine groups is 1.